The van der Waals surface area contributed by atoms with E-state index in [9.17, 15) is 18.0 Å². The van der Waals surface area contributed by atoms with Crippen molar-refractivity contribution >= 4 is 16.8 Å². The lowest BCUT2D eigenvalue weighted by molar-refractivity contribution is -0.137. The molecule has 4 nitrogen and oxygen atoms in total. The molecule has 2 N–H and O–H groups in total. The van der Waals surface area contributed by atoms with Crippen LogP contribution in [0.15, 0.2) is 48.9 Å². The predicted molar refractivity (Wildman–Crippen MR) is 78.8 cm³/mol. The molecule has 0 radical (unpaired) electrons. The number of alkyl halides is 3. The van der Waals surface area contributed by atoms with Crippen molar-refractivity contribution in [1.29, 1.82) is 0 Å². The van der Waals surface area contributed by atoms with Gasteiger partial charge in [-0.1, -0.05) is 12.1 Å². The highest BCUT2D eigenvalue weighted by Gasteiger charge is 2.29. The summed E-state index contributed by atoms with van der Waals surface area (Å²) in [6.07, 6.45) is 0.374. The number of hydrogen-bond acceptors (Lipinski definition) is 2. The van der Waals surface area contributed by atoms with Gasteiger partial charge in [-0.25, -0.2) is 0 Å². The van der Waals surface area contributed by atoms with E-state index in [0.717, 1.165) is 17.5 Å². The van der Waals surface area contributed by atoms with Gasteiger partial charge in [0, 0.05) is 30.5 Å². The third kappa shape index (κ3) is 2.90. The molecule has 2 aromatic heterocycles. The zero-order chi connectivity index (χ0) is 16.6. The van der Waals surface area contributed by atoms with Crippen LogP contribution >= 0.6 is 0 Å². The van der Waals surface area contributed by atoms with E-state index in [1.807, 2.05) is 0 Å². The molecule has 0 atom stereocenters. The summed E-state index contributed by atoms with van der Waals surface area (Å²) in [6, 6.07) is 6.69. The van der Waals surface area contributed by atoms with E-state index in [1.165, 1.54) is 18.3 Å². The van der Waals surface area contributed by atoms with E-state index in [-0.39, 0.29) is 5.56 Å². The van der Waals surface area contributed by atoms with Crippen LogP contribution in [0.4, 0.5) is 13.2 Å². The molecule has 0 fully saturated rings. The molecular weight excluding hydrogens is 307 g/mol. The molecule has 0 saturated heterocycles. The number of fused-ring (bicyclic) bond motifs is 1. The Kier molecular flexibility index (Phi) is 3.55. The summed E-state index contributed by atoms with van der Waals surface area (Å²) in [5.41, 5.74) is 6.24. The largest absolute Gasteiger partial charge is 0.416 e. The molecule has 118 valence electrons. The van der Waals surface area contributed by atoms with Gasteiger partial charge in [0.2, 0.25) is 0 Å². The number of hydrogen-bond donors (Lipinski definition) is 1. The lowest BCUT2D eigenvalue weighted by Crippen LogP contribution is -2.13. The van der Waals surface area contributed by atoms with Crippen LogP contribution in [0.3, 0.4) is 0 Å². The molecule has 3 aromatic rings. The summed E-state index contributed by atoms with van der Waals surface area (Å²) >= 11 is 0. The van der Waals surface area contributed by atoms with Gasteiger partial charge in [-0.2, -0.15) is 13.2 Å². The second kappa shape index (κ2) is 5.42. The minimum Gasteiger partial charge on any atom is -0.365 e. The van der Waals surface area contributed by atoms with E-state index >= 15 is 0 Å². The fourth-order valence-corrected chi connectivity index (χ4v) is 2.47. The highest BCUT2D eigenvalue weighted by atomic mass is 19.4. The first-order chi connectivity index (χ1) is 10.9. The maximum atomic E-state index is 12.6. The third-order valence-electron chi connectivity index (χ3n) is 3.57. The van der Waals surface area contributed by atoms with Crippen molar-refractivity contribution < 1.29 is 18.0 Å². The summed E-state index contributed by atoms with van der Waals surface area (Å²) in [5, 5.41) is 0.744. The summed E-state index contributed by atoms with van der Waals surface area (Å²) < 4.78 is 39.5. The van der Waals surface area contributed by atoms with Crippen molar-refractivity contribution in [2.24, 2.45) is 5.73 Å². The van der Waals surface area contributed by atoms with Gasteiger partial charge in [-0.3, -0.25) is 9.78 Å². The highest BCUT2D eigenvalue weighted by Crippen LogP contribution is 2.29. The Morgan fingerprint density at radius 2 is 1.83 bits per heavy atom. The van der Waals surface area contributed by atoms with E-state index < -0.39 is 17.6 Å². The van der Waals surface area contributed by atoms with Crippen molar-refractivity contribution in [3.8, 4) is 0 Å². The summed E-state index contributed by atoms with van der Waals surface area (Å²) in [7, 11) is 0. The predicted octanol–water partition coefficient (Wildman–Crippen LogP) is 3.20. The van der Waals surface area contributed by atoms with Crippen LogP contribution in [0.25, 0.3) is 10.9 Å². The average Bonchev–Trinajstić information content (AvgIpc) is 2.90. The van der Waals surface area contributed by atoms with Gasteiger partial charge in [0.05, 0.1) is 16.6 Å². The number of aromatic nitrogens is 2. The van der Waals surface area contributed by atoms with Gasteiger partial charge in [0.15, 0.2) is 0 Å². The topological polar surface area (TPSA) is 60.9 Å². The lowest BCUT2D eigenvalue weighted by atomic mass is 10.1. The van der Waals surface area contributed by atoms with Gasteiger partial charge in [0.25, 0.3) is 5.91 Å². The molecule has 0 aliphatic carbocycles. The molecule has 2 heterocycles. The molecule has 3 rings (SSSR count). The monoisotopic (exact) mass is 319 g/mol. The van der Waals surface area contributed by atoms with Crippen LogP contribution in [0, 0.1) is 0 Å². The van der Waals surface area contributed by atoms with Crippen molar-refractivity contribution in [3.05, 3.63) is 65.6 Å². The van der Waals surface area contributed by atoms with Gasteiger partial charge < -0.3 is 10.3 Å². The molecule has 0 aliphatic rings. The summed E-state index contributed by atoms with van der Waals surface area (Å²) in [6.45, 7) is 0.325. The van der Waals surface area contributed by atoms with Gasteiger partial charge in [-0.15, -0.1) is 0 Å². The van der Waals surface area contributed by atoms with Crippen LogP contribution in [0.2, 0.25) is 0 Å². The Morgan fingerprint density at radius 3 is 2.43 bits per heavy atom. The standard InChI is InChI=1S/C16H12F3N3O/c17-16(18,19)12-3-1-10(2-4-12)9-22-6-5-11-7-21-8-13(14(11)22)15(20)23/h1-8H,9H2,(H2,20,23). The first-order valence-corrected chi connectivity index (χ1v) is 6.75. The second-order valence-corrected chi connectivity index (χ2v) is 5.13. The maximum absolute atomic E-state index is 12.6. The number of primary amides is 1. The Hall–Kier alpha value is -2.83. The first kappa shape index (κ1) is 15.1. The normalized spacial score (nSPS) is 11.8. The number of pyridine rings is 1. The Balaban J connectivity index is 1.97. The van der Waals surface area contributed by atoms with E-state index in [1.54, 1.807) is 23.0 Å². The Bertz CT molecular complexity index is 866. The molecule has 0 aliphatic heterocycles. The number of nitrogens with zero attached hydrogens (tertiary/aromatic N) is 2. The van der Waals surface area contributed by atoms with E-state index in [4.69, 9.17) is 5.73 Å². The number of benzene rings is 1. The van der Waals surface area contributed by atoms with E-state index in [2.05, 4.69) is 4.98 Å². The van der Waals surface area contributed by atoms with Crippen LogP contribution in [0.5, 0.6) is 0 Å². The number of nitrogens with two attached hydrogens (primary N) is 1. The van der Waals surface area contributed by atoms with Gasteiger partial charge in [0.1, 0.15) is 0 Å². The van der Waals surface area contributed by atoms with Crippen LogP contribution in [-0.2, 0) is 12.7 Å². The third-order valence-corrected chi connectivity index (χ3v) is 3.57. The Morgan fingerprint density at radius 1 is 1.13 bits per heavy atom. The molecule has 0 unspecified atom stereocenters. The smallest absolute Gasteiger partial charge is 0.365 e. The van der Waals surface area contributed by atoms with Crippen molar-refractivity contribution in [1.82, 2.24) is 9.55 Å². The quantitative estimate of drug-likeness (QED) is 0.806. The molecular formula is C16H12F3N3O. The van der Waals surface area contributed by atoms with Gasteiger partial charge in [-0.05, 0) is 23.8 Å². The molecule has 23 heavy (non-hydrogen) atoms. The molecule has 7 heteroatoms. The number of halogens is 3. The first-order valence-electron chi connectivity index (χ1n) is 6.75. The number of amides is 1. The SMILES string of the molecule is NC(=O)c1cncc2ccn(Cc3ccc(C(F)(F)F)cc3)c12. The molecule has 0 saturated carbocycles. The highest BCUT2D eigenvalue weighted by molar-refractivity contribution is 6.04. The molecule has 0 bridgehead atoms. The number of carbonyl (C=O) groups is 1. The average molecular weight is 319 g/mol. The van der Waals surface area contributed by atoms with Crippen LogP contribution in [0.1, 0.15) is 21.5 Å². The molecule has 1 aromatic carbocycles. The fraction of sp³-hybridized carbons (Fsp3) is 0.125. The second-order valence-electron chi connectivity index (χ2n) is 5.13. The number of rotatable bonds is 3. The lowest BCUT2D eigenvalue weighted by Gasteiger charge is -2.10. The number of carbonyl (C=O) groups excluding carboxylic acids is 1. The van der Waals surface area contributed by atoms with Crippen molar-refractivity contribution in [3.63, 3.8) is 0 Å². The minimum absolute atomic E-state index is 0.277. The minimum atomic E-state index is -4.36. The molecule has 1 amide bonds. The Labute approximate surface area is 129 Å². The van der Waals surface area contributed by atoms with E-state index in [0.29, 0.717) is 17.6 Å². The summed E-state index contributed by atoms with van der Waals surface area (Å²) in [5.74, 6) is -0.601. The molecule has 0 spiro atoms. The van der Waals surface area contributed by atoms with Crippen molar-refractivity contribution in [2.75, 3.05) is 0 Å². The van der Waals surface area contributed by atoms with Crippen LogP contribution < -0.4 is 5.73 Å². The van der Waals surface area contributed by atoms with Crippen molar-refractivity contribution in [2.45, 2.75) is 12.7 Å². The zero-order valence-corrected chi connectivity index (χ0v) is 11.8. The fourth-order valence-electron chi connectivity index (χ4n) is 2.47. The van der Waals surface area contributed by atoms with Crippen LogP contribution in [-0.4, -0.2) is 15.5 Å². The van der Waals surface area contributed by atoms with Gasteiger partial charge >= 0.3 is 6.18 Å². The maximum Gasteiger partial charge on any atom is 0.416 e. The summed E-state index contributed by atoms with van der Waals surface area (Å²) in [4.78, 5) is 15.5. The zero-order valence-electron chi connectivity index (χ0n) is 11.8.